The van der Waals surface area contributed by atoms with Crippen molar-refractivity contribution in [2.45, 2.75) is 45.4 Å². The van der Waals surface area contributed by atoms with Crippen LogP contribution in [-0.2, 0) is 26.2 Å². The first-order valence-corrected chi connectivity index (χ1v) is 9.04. The molecule has 2 N–H and O–H groups in total. The number of rotatable bonds is 7. The van der Waals surface area contributed by atoms with E-state index in [-0.39, 0.29) is 18.4 Å². The Bertz CT molecular complexity index is 588. The molecule has 2 rings (SSSR count). The van der Waals surface area contributed by atoms with Gasteiger partial charge in [-0.3, -0.25) is 9.59 Å². The predicted molar refractivity (Wildman–Crippen MR) is 96.5 cm³/mol. The first-order valence-electron chi connectivity index (χ1n) is 9.04. The van der Waals surface area contributed by atoms with Crippen LogP contribution >= 0.6 is 0 Å². The number of hydrogen-bond donors (Lipinski definition) is 2. The molecule has 1 amide bonds. The van der Waals surface area contributed by atoms with Gasteiger partial charge in [0.15, 0.2) is 0 Å². The summed E-state index contributed by atoms with van der Waals surface area (Å²) in [4.78, 5) is 24.3. The van der Waals surface area contributed by atoms with Crippen molar-refractivity contribution in [3.05, 3.63) is 35.4 Å². The lowest BCUT2D eigenvalue weighted by atomic mass is 9.82. The molecule has 5 heteroatoms. The van der Waals surface area contributed by atoms with Crippen LogP contribution in [-0.4, -0.2) is 36.7 Å². The van der Waals surface area contributed by atoms with Crippen LogP contribution in [0, 0.1) is 11.8 Å². The molecular weight excluding hydrogens is 318 g/mol. The van der Waals surface area contributed by atoms with Gasteiger partial charge >= 0.3 is 5.97 Å². The molecule has 1 heterocycles. The minimum atomic E-state index is -0.850. The van der Waals surface area contributed by atoms with E-state index in [0.717, 1.165) is 24.8 Å². The number of carbonyl (C=O) groups excluding carboxylic acids is 1. The molecular formula is C20H29NO4. The van der Waals surface area contributed by atoms with Crippen LogP contribution in [0.15, 0.2) is 24.3 Å². The summed E-state index contributed by atoms with van der Waals surface area (Å²) in [5, 5.41) is 12.4. The molecule has 0 bridgehead atoms. The minimum absolute atomic E-state index is 0.0542. The molecule has 0 aliphatic carbocycles. The highest BCUT2D eigenvalue weighted by Gasteiger charge is 2.33. The van der Waals surface area contributed by atoms with E-state index in [1.54, 1.807) is 0 Å². The Hall–Kier alpha value is -1.88. The third-order valence-electron chi connectivity index (χ3n) is 5.29. The molecule has 25 heavy (non-hydrogen) atoms. The zero-order valence-corrected chi connectivity index (χ0v) is 15.4. The highest BCUT2D eigenvalue weighted by atomic mass is 16.5. The van der Waals surface area contributed by atoms with Gasteiger partial charge in [-0.2, -0.15) is 0 Å². The smallest absolute Gasteiger partial charge is 0.308 e. The molecule has 0 radical (unpaired) electrons. The Morgan fingerprint density at radius 3 is 2.36 bits per heavy atom. The predicted octanol–water partition coefficient (Wildman–Crippen LogP) is 2.77. The lowest BCUT2D eigenvalue weighted by molar-refractivity contribution is -0.145. The third-order valence-corrected chi connectivity index (χ3v) is 5.29. The van der Waals surface area contributed by atoms with Gasteiger partial charge in [0.25, 0.3) is 0 Å². The summed E-state index contributed by atoms with van der Waals surface area (Å²) in [6.45, 7) is 7.18. The maximum atomic E-state index is 12.7. The van der Waals surface area contributed by atoms with E-state index in [0.29, 0.717) is 13.2 Å². The first kappa shape index (κ1) is 19.4. The number of benzene rings is 1. The number of nitrogens with one attached hydrogen (secondary N) is 1. The number of carboxylic acid groups (broad SMARTS) is 1. The molecule has 1 atom stereocenters. The van der Waals surface area contributed by atoms with Crippen molar-refractivity contribution in [1.29, 1.82) is 0 Å². The molecule has 1 fully saturated rings. The van der Waals surface area contributed by atoms with Gasteiger partial charge in [-0.25, -0.2) is 0 Å². The lowest BCUT2D eigenvalue weighted by Crippen LogP contribution is -2.45. The molecule has 0 spiro atoms. The van der Waals surface area contributed by atoms with Crippen LogP contribution in [0.4, 0.5) is 0 Å². The summed E-state index contributed by atoms with van der Waals surface area (Å²) in [5.41, 5.74) is 1.45. The van der Waals surface area contributed by atoms with Crippen molar-refractivity contribution >= 4 is 11.9 Å². The zero-order chi connectivity index (χ0) is 18.4. The van der Waals surface area contributed by atoms with E-state index in [1.165, 1.54) is 5.56 Å². The summed E-state index contributed by atoms with van der Waals surface area (Å²) < 4.78 is 5.31. The van der Waals surface area contributed by atoms with Gasteiger partial charge in [-0.15, -0.1) is 0 Å². The molecule has 1 unspecified atom stereocenters. The van der Waals surface area contributed by atoms with Gasteiger partial charge < -0.3 is 15.2 Å². The number of aryl methyl sites for hydroxylation is 1. The zero-order valence-electron chi connectivity index (χ0n) is 15.4. The summed E-state index contributed by atoms with van der Waals surface area (Å²) in [7, 11) is 0. The van der Waals surface area contributed by atoms with Crippen LogP contribution < -0.4 is 5.32 Å². The van der Waals surface area contributed by atoms with E-state index < -0.39 is 17.3 Å². The average molecular weight is 347 g/mol. The molecule has 1 aromatic rings. The Morgan fingerprint density at radius 1 is 1.24 bits per heavy atom. The number of amides is 1. The molecule has 1 aromatic carbocycles. The van der Waals surface area contributed by atoms with Crippen LogP contribution in [0.25, 0.3) is 0 Å². The van der Waals surface area contributed by atoms with E-state index in [9.17, 15) is 14.7 Å². The van der Waals surface area contributed by atoms with Crippen molar-refractivity contribution in [3.8, 4) is 0 Å². The van der Waals surface area contributed by atoms with Crippen molar-refractivity contribution < 1.29 is 19.4 Å². The van der Waals surface area contributed by atoms with E-state index in [4.69, 9.17) is 4.74 Å². The van der Waals surface area contributed by atoms with Gasteiger partial charge in [0, 0.05) is 19.8 Å². The fourth-order valence-corrected chi connectivity index (χ4v) is 3.29. The molecule has 0 aromatic heterocycles. The van der Waals surface area contributed by atoms with Crippen LogP contribution in [0.1, 0.15) is 44.7 Å². The third kappa shape index (κ3) is 4.82. The van der Waals surface area contributed by atoms with E-state index >= 15 is 0 Å². The van der Waals surface area contributed by atoms with Gasteiger partial charge in [-0.05, 0) is 50.2 Å². The monoisotopic (exact) mass is 347 g/mol. The SMILES string of the molecule is CCc1ccc(C(C)(C)C(=O)NCC(C(=O)O)C2CCOCC2)cc1. The fraction of sp³-hybridized carbons (Fsp3) is 0.600. The van der Waals surface area contributed by atoms with Gasteiger partial charge in [0.1, 0.15) is 0 Å². The number of ether oxygens (including phenoxy) is 1. The van der Waals surface area contributed by atoms with Crippen molar-refractivity contribution in [1.82, 2.24) is 5.32 Å². The van der Waals surface area contributed by atoms with E-state index in [2.05, 4.69) is 12.2 Å². The Balaban J connectivity index is 2.01. The number of carbonyl (C=O) groups is 2. The number of aliphatic carboxylic acids is 1. The highest BCUT2D eigenvalue weighted by molar-refractivity contribution is 5.87. The molecule has 1 aliphatic rings. The quantitative estimate of drug-likeness (QED) is 0.795. The standard InChI is InChI=1S/C20H29NO4/c1-4-14-5-7-16(8-6-14)20(2,3)19(24)21-13-17(18(22)23)15-9-11-25-12-10-15/h5-8,15,17H,4,9-13H2,1-3H3,(H,21,24)(H,22,23). The maximum Gasteiger partial charge on any atom is 0.308 e. The topological polar surface area (TPSA) is 75.6 Å². The lowest BCUT2D eigenvalue weighted by Gasteiger charge is -2.30. The van der Waals surface area contributed by atoms with Crippen molar-refractivity contribution in [2.24, 2.45) is 11.8 Å². The summed E-state index contributed by atoms with van der Waals surface area (Å²) in [6.07, 6.45) is 2.42. The molecule has 1 saturated heterocycles. The van der Waals surface area contributed by atoms with Crippen LogP contribution in [0.5, 0.6) is 0 Å². The minimum Gasteiger partial charge on any atom is -0.481 e. The second-order valence-electron chi connectivity index (χ2n) is 7.28. The Morgan fingerprint density at radius 2 is 1.84 bits per heavy atom. The number of carboxylic acids is 1. The normalized spacial score (nSPS) is 17.1. The second-order valence-corrected chi connectivity index (χ2v) is 7.28. The number of hydrogen-bond acceptors (Lipinski definition) is 3. The summed E-state index contributed by atoms with van der Waals surface area (Å²) >= 11 is 0. The highest BCUT2D eigenvalue weighted by Crippen LogP contribution is 2.26. The van der Waals surface area contributed by atoms with Crippen molar-refractivity contribution in [2.75, 3.05) is 19.8 Å². The summed E-state index contributed by atoms with van der Waals surface area (Å²) in [5.74, 6) is -1.50. The van der Waals surface area contributed by atoms with Gasteiger partial charge in [0.05, 0.1) is 11.3 Å². The Labute approximate surface area is 149 Å². The Kier molecular flexibility index (Phi) is 6.59. The van der Waals surface area contributed by atoms with Crippen molar-refractivity contribution in [3.63, 3.8) is 0 Å². The van der Waals surface area contributed by atoms with Gasteiger partial charge in [-0.1, -0.05) is 31.2 Å². The first-order chi connectivity index (χ1) is 11.9. The molecule has 5 nitrogen and oxygen atoms in total. The molecule has 138 valence electrons. The largest absolute Gasteiger partial charge is 0.481 e. The van der Waals surface area contributed by atoms with Crippen LogP contribution in [0.3, 0.4) is 0 Å². The second kappa shape index (κ2) is 8.48. The average Bonchev–Trinajstić information content (AvgIpc) is 2.62. The molecule has 0 saturated carbocycles. The van der Waals surface area contributed by atoms with Crippen LogP contribution in [0.2, 0.25) is 0 Å². The maximum absolute atomic E-state index is 12.7. The van der Waals surface area contributed by atoms with Gasteiger partial charge in [0.2, 0.25) is 5.91 Å². The summed E-state index contributed by atoms with van der Waals surface area (Å²) in [6, 6.07) is 8.02. The fourth-order valence-electron chi connectivity index (χ4n) is 3.29. The molecule has 1 aliphatic heterocycles. The van der Waals surface area contributed by atoms with E-state index in [1.807, 2.05) is 38.1 Å².